The topological polar surface area (TPSA) is 82.3 Å². The minimum absolute atomic E-state index is 0.0899. The smallest absolute Gasteiger partial charge is 0.407 e. The summed E-state index contributed by atoms with van der Waals surface area (Å²) in [6.45, 7) is 5.52. The highest BCUT2D eigenvalue weighted by Gasteiger charge is 2.46. The second kappa shape index (κ2) is 5.25. The van der Waals surface area contributed by atoms with Crippen LogP contribution in [0.25, 0.3) is 0 Å². The first-order valence-electron chi connectivity index (χ1n) is 7.34. The van der Waals surface area contributed by atoms with Gasteiger partial charge in [-0.05, 0) is 64.7 Å². The van der Waals surface area contributed by atoms with Crippen LogP contribution in [0.15, 0.2) is 0 Å². The van der Waals surface area contributed by atoms with Crippen LogP contribution < -0.4 is 5.32 Å². The van der Waals surface area contributed by atoms with Gasteiger partial charge in [0.2, 0.25) is 0 Å². The number of amides is 1. The molecule has 0 aliphatic heterocycles. The minimum Gasteiger partial charge on any atom is -0.444 e. The van der Waals surface area contributed by atoms with E-state index in [1.54, 1.807) is 0 Å². The largest absolute Gasteiger partial charge is 0.444 e. The zero-order valence-corrected chi connectivity index (χ0v) is 12.5. The van der Waals surface area contributed by atoms with E-state index in [9.17, 15) is 9.90 Å². The van der Waals surface area contributed by atoms with E-state index in [2.05, 4.69) is 5.32 Å². The Morgan fingerprint density at radius 3 is 2.60 bits per heavy atom. The molecule has 2 aliphatic rings. The van der Waals surface area contributed by atoms with Crippen LogP contribution in [0.5, 0.6) is 0 Å². The summed E-state index contributed by atoms with van der Waals surface area (Å²) in [6, 6.07) is 2.12. The lowest BCUT2D eigenvalue weighted by Crippen LogP contribution is -2.42. The van der Waals surface area contributed by atoms with Gasteiger partial charge < -0.3 is 15.2 Å². The number of carbonyl (C=O) groups excluding carboxylic acids is 1. The van der Waals surface area contributed by atoms with Crippen molar-refractivity contribution in [2.24, 2.45) is 11.8 Å². The SMILES string of the molecule is CC(C)(C)OC(=O)NC1CC[C@H]2C[C@](O)(C#N)C[C@@H]2C1. The highest BCUT2D eigenvalue weighted by molar-refractivity contribution is 5.68. The molecule has 20 heavy (non-hydrogen) atoms. The van der Waals surface area contributed by atoms with Crippen LogP contribution in [-0.2, 0) is 4.74 Å². The number of nitrogens with zero attached hydrogens (tertiary/aromatic N) is 1. The number of ether oxygens (including phenoxy) is 1. The molecular formula is C15H24N2O3. The third-order valence-corrected chi connectivity index (χ3v) is 4.27. The van der Waals surface area contributed by atoms with Gasteiger partial charge in [0.1, 0.15) is 5.60 Å². The molecule has 5 nitrogen and oxygen atoms in total. The molecule has 5 heteroatoms. The highest BCUT2D eigenvalue weighted by Crippen LogP contribution is 2.46. The molecule has 2 rings (SSSR count). The highest BCUT2D eigenvalue weighted by atomic mass is 16.6. The number of hydrogen-bond donors (Lipinski definition) is 2. The molecule has 112 valence electrons. The van der Waals surface area contributed by atoms with Crippen LogP contribution in [0.4, 0.5) is 4.79 Å². The van der Waals surface area contributed by atoms with E-state index >= 15 is 0 Å². The van der Waals surface area contributed by atoms with E-state index in [1.807, 2.05) is 26.8 Å². The summed E-state index contributed by atoms with van der Waals surface area (Å²) in [7, 11) is 0. The molecule has 0 saturated heterocycles. The minimum atomic E-state index is -1.16. The summed E-state index contributed by atoms with van der Waals surface area (Å²) in [5.41, 5.74) is -1.65. The predicted molar refractivity (Wildman–Crippen MR) is 73.8 cm³/mol. The van der Waals surface area contributed by atoms with Crippen molar-refractivity contribution in [1.82, 2.24) is 5.32 Å². The molecule has 1 unspecified atom stereocenters. The zero-order chi connectivity index (χ0) is 15.0. The summed E-state index contributed by atoms with van der Waals surface area (Å²) in [4.78, 5) is 11.8. The van der Waals surface area contributed by atoms with Gasteiger partial charge in [-0.1, -0.05) is 0 Å². The molecule has 2 aliphatic carbocycles. The van der Waals surface area contributed by atoms with Crippen molar-refractivity contribution in [3.63, 3.8) is 0 Å². The van der Waals surface area contributed by atoms with Crippen molar-refractivity contribution >= 4 is 6.09 Å². The van der Waals surface area contributed by atoms with Gasteiger partial charge in [-0.3, -0.25) is 0 Å². The summed E-state index contributed by atoms with van der Waals surface area (Å²) >= 11 is 0. The number of aliphatic hydroxyl groups is 1. The first-order valence-corrected chi connectivity index (χ1v) is 7.34. The Morgan fingerprint density at radius 1 is 1.35 bits per heavy atom. The van der Waals surface area contributed by atoms with Crippen molar-refractivity contribution in [2.75, 3.05) is 0 Å². The van der Waals surface area contributed by atoms with Crippen LogP contribution in [0.3, 0.4) is 0 Å². The van der Waals surface area contributed by atoms with E-state index in [4.69, 9.17) is 10.00 Å². The Bertz CT molecular complexity index is 424. The number of carbonyl (C=O) groups is 1. The Hall–Kier alpha value is -1.28. The summed E-state index contributed by atoms with van der Waals surface area (Å²) in [5, 5.41) is 22.0. The molecule has 1 amide bonds. The lowest BCUT2D eigenvalue weighted by atomic mass is 9.79. The molecule has 0 spiro atoms. The van der Waals surface area contributed by atoms with Crippen LogP contribution in [0.1, 0.15) is 52.9 Å². The number of fused-ring (bicyclic) bond motifs is 1. The van der Waals surface area contributed by atoms with Gasteiger partial charge in [-0.25, -0.2) is 4.79 Å². The van der Waals surface area contributed by atoms with Gasteiger partial charge >= 0.3 is 6.09 Å². The average molecular weight is 280 g/mol. The van der Waals surface area contributed by atoms with E-state index in [1.165, 1.54) is 0 Å². The Morgan fingerprint density at radius 2 is 2.00 bits per heavy atom. The van der Waals surface area contributed by atoms with Crippen molar-refractivity contribution in [3.05, 3.63) is 0 Å². The van der Waals surface area contributed by atoms with Crippen molar-refractivity contribution in [2.45, 2.75) is 70.1 Å². The maximum atomic E-state index is 11.8. The maximum Gasteiger partial charge on any atom is 0.407 e. The van der Waals surface area contributed by atoms with E-state index in [0.29, 0.717) is 24.7 Å². The number of nitriles is 1. The fourth-order valence-corrected chi connectivity index (χ4v) is 3.49. The molecule has 2 N–H and O–H groups in total. The van der Waals surface area contributed by atoms with Crippen molar-refractivity contribution in [3.8, 4) is 6.07 Å². The van der Waals surface area contributed by atoms with Gasteiger partial charge in [0, 0.05) is 6.04 Å². The van der Waals surface area contributed by atoms with Crippen LogP contribution in [-0.4, -0.2) is 28.4 Å². The molecule has 2 fully saturated rings. The van der Waals surface area contributed by atoms with Crippen LogP contribution >= 0.6 is 0 Å². The van der Waals surface area contributed by atoms with Gasteiger partial charge in [0.05, 0.1) is 6.07 Å². The van der Waals surface area contributed by atoms with Crippen molar-refractivity contribution in [1.29, 1.82) is 5.26 Å². The number of nitrogens with one attached hydrogen (secondary N) is 1. The Balaban J connectivity index is 1.87. The first kappa shape index (κ1) is 15.1. The predicted octanol–water partition coefficient (Wildman–Crippen LogP) is 2.34. The molecule has 4 atom stereocenters. The second-order valence-corrected chi connectivity index (χ2v) is 7.23. The van der Waals surface area contributed by atoms with E-state index < -0.39 is 11.2 Å². The third-order valence-electron chi connectivity index (χ3n) is 4.27. The average Bonchev–Trinajstić information content (AvgIpc) is 2.63. The standard InChI is InChI=1S/C15H24N2O3/c1-14(2,3)20-13(18)17-12-5-4-10-7-15(19,9-16)8-11(10)6-12/h10-12,19H,4-8H2,1-3H3,(H,17,18)/t10-,11-,12?,15+/m0/s1. The molecule has 2 saturated carbocycles. The van der Waals surface area contributed by atoms with Gasteiger partial charge in [-0.15, -0.1) is 0 Å². The molecular weight excluding hydrogens is 256 g/mol. The van der Waals surface area contributed by atoms with Crippen LogP contribution in [0, 0.1) is 23.2 Å². The fourth-order valence-electron chi connectivity index (χ4n) is 3.49. The Kier molecular flexibility index (Phi) is 3.97. The zero-order valence-electron chi connectivity index (χ0n) is 12.5. The molecule has 0 aromatic heterocycles. The quantitative estimate of drug-likeness (QED) is 0.722. The molecule has 0 heterocycles. The summed E-state index contributed by atoms with van der Waals surface area (Å²) in [5.74, 6) is 0.740. The number of hydrogen-bond acceptors (Lipinski definition) is 4. The molecule has 0 radical (unpaired) electrons. The second-order valence-electron chi connectivity index (χ2n) is 7.23. The van der Waals surface area contributed by atoms with E-state index in [0.717, 1.165) is 19.3 Å². The fraction of sp³-hybridized carbons (Fsp3) is 0.867. The lowest BCUT2D eigenvalue weighted by Gasteiger charge is -2.32. The maximum absolute atomic E-state index is 11.8. The normalized spacial score (nSPS) is 36.9. The Labute approximate surface area is 120 Å². The third kappa shape index (κ3) is 3.63. The number of alkyl carbamates (subject to hydrolysis) is 1. The first-order chi connectivity index (χ1) is 9.21. The van der Waals surface area contributed by atoms with E-state index in [-0.39, 0.29) is 12.1 Å². The molecule has 0 bridgehead atoms. The monoisotopic (exact) mass is 280 g/mol. The van der Waals surface area contributed by atoms with Crippen LogP contribution in [0.2, 0.25) is 0 Å². The van der Waals surface area contributed by atoms with Gasteiger partial charge in [-0.2, -0.15) is 5.26 Å². The van der Waals surface area contributed by atoms with Gasteiger partial charge in [0.15, 0.2) is 5.60 Å². The molecule has 0 aromatic carbocycles. The van der Waals surface area contributed by atoms with Gasteiger partial charge in [0.25, 0.3) is 0 Å². The number of rotatable bonds is 1. The lowest BCUT2D eigenvalue weighted by molar-refractivity contribution is 0.0476. The summed E-state index contributed by atoms with van der Waals surface area (Å²) < 4.78 is 5.26. The van der Waals surface area contributed by atoms with Crippen molar-refractivity contribution < 1.29 is 14.6 Å². The summed E-state index contributed by atoms with van der Waals surface area (Å²) in [6.07, 6.45) is 3.40. The molecule has 0 aromatic rings.